The number of rotatable bonds is 5. The molecule has 0 bridgehead atoms. The zero-order chi connectivity index (χ0) is 24.7. The number of nitrogens with zero attached hydrogens (tertiary/aromatic N) is 4. The maximum Gasteiger partial charge on any atom is 0.246 e. The van der Waals surface area contributed by atoms with Gasteiger partial charge in [-0.05, 0) is 50.3 Å². The summed E-state index contributed by atoms with van der Waals surface area (Å²) in [5, 5.41) is 12.0. The van der Waals surface area contributed by atoms with Gasteiger partial charge in [-0.2, -0.15) is 0 Å². The molecule has 5 rings (SSSR count). The van der Waals surface area contributed by atoms with Gasteiger partial charge in [-0.1, -0.05) is 12.5 Å². The number of hydrogen-bond donors (Lipinski definition) is 3. The number of pyridine rings is 1. The van der Waals surface area contributed by atoms with Crippen molar-refractivity contribution in [2.24, 2.45) is 0 Å². The third-order valence-electron chi connectivity index (χ3n) is 6.55. The molecular formula is C26H26FN7O. The molecule has 4 N–H and O–H groups in total. The Labute approximate surface area is 202 Å². The van der Waals surface area contributed by atoms with Crippen LogP contribution in [0.25, 0.3) is 11.0 Å². The Kier molecular flexibility index (Phi) is 5.52. The molecule has 3 heterocycles. The number of carbonyl (C=O) groups is 1. The zero-order valence-electron chi connectivity index (χ0n) is 19.4. The lowest BCUT2D eigenvalue weighted by molar-refractivity contribution is -0.125. The molecule has 178 valence electrons. The molecule has 8 nitrogen and oxygen atoms in total. The Bertz CT molecular complexity index is 1430. The summed E-state index contributed by atoms with van der Waals surface area (Å²) >= 11 is 0. The van der Waals surface area contributed by atoms with Crippen LogP contribution in [-0.4, -0.2) is 49.7 Å². The Morgan fingerprint density at radius 2 is 2.20 bits per heavy atom. The number of benzene rings is 1. The average Bonchev–Trinajstić information content (AvgIpc) is 3.48. The number of nitrogen functional groups attached to an aromatic ring is 1. The number of halogens is 1. The van der Waals surface area contributed by atoms with Crippen LogP contribution in [0.4, 0.5) is 15.9 Å². The molecule has 1 aliphatic heterocycles. The van der Waals surface area contributed by atoms with E-state index in [-0.39, 0.29) is 23.0 Å². The van der Waals surface area contributed by atoms with Crippen molar-refractivity contribution in [1.82, 2.24) is 19.4 Å². The summed E-state index contributed by atoms with van der Waals surface area (Å²) < 4.78 is 16.8. The molecule has 35 heavy (non-hydrogen) atoms. The highest BCUT2D eigenvalue weighted by atomic mass is 19.1. The maximum absolute atomic E-state index is 14.8. The summed E-state index contributed by atoms with van der Waals surface area (Å²) in [5.74, 6) is 5.08. The van der Waals surface area contributed by atoms with Gasteiger partial charge in [0, 0.05) is 37.1 Å². The average molecular weight is 472 g/mol. The van der Waals surface area contributed by atoms with Crippen LogP contribution >= 0.6 is 0 Å². The van der Waals surface area contributed by atoms with Gasteiger partial charge in [0.25, 0.3) is 0 Å². The third-order valence-corrected chi connectivity index (χ3v) is 6.55. The summed E-state index contributed by atoms with van der Waals surface area (Å²) in [5.41, 5.74) is 8.14. The first-order valence-electron chi connectivity index (χ1n) is 11.5. The first kappa shape index (κ1) is 22.6. The van der Waals surface area contributed by atoms with Crippen molar-refractivity contribution in [2.45, 2.75) is 37.8 Å². The van der Waals surface area contributed by atoms with Gasteiger partial charge < -0.3 is 20.5 Å². The number of nitrogens with one attached hydrogen (secondary N) is 2. The number of fused-ring (bicyclic) bond motifs is 1. The number of likely N-dealkylation sites (tertiary alicyclic amines) is 1. The van der Waals surface area contributed by atoms with Crippen LogP contribution in [0.2, 0.25) is 0 Å². The molecule has 0 radical (unpaired) electrons. The number of carbonyl (C=O) groups excluding carboxylic acids is 1. The molecule has 2 fully saturated rings. The van der Waals surface area contributed by atoms with E-state index in [1.165, 1.54) is 12.1 Å². The second-order valence-electron chi connectivity index (χ2n) is 9.35. The molecule has 0 spiro atoms. The molecular weight excluding hydrogens is 445 g/mol. The highest BCUT2D eigenvalue weighted by molar-refractivity contribution is 6.17. The first-order valence-corrected chi connectivity index (χ1v) is 11.5. The number of aromatic nitrogens is 3. The van der Waals surface area contributed by atoms with Crippen molar-refractivity contribution in [1.29, 1.82) is 5.41 Å². The van der Waals surface area contributed by atoms with E-state index in [1.807, 2.05) is 11.5 Å². The number of nitrogens with two attached hydrogens (primary N) is 1. The van der Waals surface area contributed by atoms with Gasteiger partial charge in [-0.3, -0.25) is 10.2 Å². The van der Waals surface area contributed by atoms with Crippen LogP contribution in [-0.2, 0) is 4.79 Å². The quantitative estimate of drug-likeness (QED) is 0.300. The highest BCUT2D eigenvalue weighted by Crippen LogP contribution is 2.37. The van der Waals surface area contributed by atoms with Crippen molar-refractivity contribution in [3.8, 4) is 11.8 Å². The number of amides is 1. The summed E-state index contributed by atoms with van der Waals surface area (Å²) in [6.07, 6.45) is 7.47. The molecule has 1 atom stereocenters. The second-order valence-corrected chi connectivity index (χ2v) is 9.35. The van der Waals surface area contributed by atoms with Gasteiger partial charge in [0.2, 0.25) is 5.91 Å². The topological polar surface area (TPSA) is 113 Å². The Hall–Kier alpha value is -4.19. The molecule has 2 aliphatic rings. The molecule has 3 aromatic rings. The van der Waals surface area contributed by atoms with Crippen LogP contribution in [0.1, 0.15) is 43.4 Å². The molecule has 1 aliphatic carbocycles. The van der Waals surface area contributed by atoms with Crippen molar-refractivity contribution in [3.63, 3.8) is 0 Å². The van der Waals surface area contributed by atoms with E-state index in [9.17, 15) is 9.18 Å². The monoisotopic (exact) mass is 471 g/mol. The summed E-state index contributed by atoms with van der Waals surface area (Å²) in [7, 11) is 0. The van der Waals surface area contributed by atoms with Crippen LogP contribution in [0.3, 0.4) is 0 Å². The standard InChI is InChI=1S/C26H26FN7O/c1-3-23(35)33-11-9-26(2,14-33)32-20-8-10-30-25(29)24(20)19(28)7-4-16-12-21-22(13-18(16)27)34(15-31-21)17-5-6-17/h3,8,10,12-13,15,17,28H,1,5-6,9,11,14H2,2H3,(H3,29,30,32)/t26-/m0/s1. The normalized spacial score (nSPS) is 19.3. The molecule has 1 saturated carbocycles. The van der Waals surface area contributed by atoms with E-state index in [2.05, 4.69) is 33.7 Å². The van der Waals surface area contributed by atoms with Crippen LogP contribution in [0, 0.1) is 23.1 Å². The minimum atomic E-state index is -0.455. The minimum Gasteiger partial charge on any atom is -0.383 e. The first-order chi connectivity index (χ1) is 16.8. The lowest BCUT2D eigenvalue weighted by Crippen LogP contribution is -2.39. The summed E-state index contributed by atoms with van der Waals surface area (Å²) in [6, 6.07) is 5.19. The van der Waals surface area contributed by atoms with E-state index in [0.29, 0.717) is 42.3 Å². The van der Waals surface area contributed by atoms with Crippen molar-refractivity contribution >= 4 is 34.2 Å². The molecule has 1 saturated heterocycles. The highest BCUT2D eigenvalue weighted by Gasteiger charge is 2.36. The van der Waals surface area contributed by atoms with Crippen LogP contribution in [0.15, 0.2) is 43.4 Å². The molecule has 1 aromatic carbocycles. The molecule has 9 heteroatoms. The van der Waals surface area contributed by atoms with Crippen molar-refractivity contribution < 1.29 is 9.18 Å². The largest absolute Gasteiger partial charge is 0.383 e. The zero-order valence-corrected chi connectivity index (χ0v) is 19.4. The van der Waals surface area contributed by atoms with Gasteiger partial charge >= 0.3 is 0 Å². The fraction of sp³-hybridized carbons (Fsp3) is 0.308. The number of hydrogen-bond acceptors (Lipinski definition) is 6. The lowest BCUT2D eigenvalue weighted by atomic mass is 9.99. The summed E-state index contributed by atoms with van der Waals surface area (Å²) in [6.45, 7) is 6.64. The molecule has 1 amide bonds. The van der Waals surface area contributed by atoms with Gasteiger partial charge in [-0.25, -0.2) is 14.4 Å². The SMILES string of the molecule is C=CC(=O)N1CC[C@](C)(Nc2ccnc(N)c2C(=N)C#Cc2cc3ncn(C4CC4)c3cc2F)C1. The van der Waals surface area contributed by atoms with Gasteiger partial charge in [0.15, 0.2) is 0 Å². The fourth-order valence-electron chi connectivity index (χ4n) is 4.53. The van der Waals surface area contributed by atoms with E-state index >= 15 is 0 Å². The van der Waals surface area contributed by atoms with Crippen LogP contribution < -0.4 is 11.1 Å². The predicted octanol–water partition coefficient (Wildman–Crippen LogP) is 3.50. The van der Waals surface area contributed by atoms with Crippen molar-refractivity contribution in [3.05, 3.63) is 60.3 Å². The Morgan fingerprint density at radius 1 is 1.40 bits per heavy atom. The van der Waals surface area contributed by atoms with E-state index in [1.54, 1.807) is 29.6 Å². The van der Waals surface area contributed by atoms with Crippen molar-refractivity contribution in [2.75, 3.05) is 24.1 Å². The predicted molar refractivity (Wildman–Crippen MR) is 134 cm³/mol. The fourth-order valence-corrected chi connectivity index (χ4v) is 4.53. The van der Waals surface area contributed by atoms with E-state index in [0.717, 1.165) is 18.4 Å². The minimum absolute atomic E-state index is 0.0817. The smallest absolute Gasteiger partial charge is 0.246 e. The Morgan fingerprint density at radius 3 is 2.94 bits per heavy atom. The van der Waals surface area contributed by atoms with Gasteiger partial charge in [0.1, 0.15) is 17.3 Å². The molecule has 0 unspecified atom stereocenters. The number of imidazole rings is 1. The van der Waals surface area contributed by atoms with E-state index < -0.39 is 11.4 Å². The molecule has 2 aromatic heterocycles. The van der Waals surface area contributed by atoms with E-state index in [4.69, 9.17) is 11.1 Å². The lowest BCUT2D eigenvalue weighted by Gasteiger charge is -2.28. The van der Waals surface area contributed by atoms with Gasteiger partial charge in [-0.15, -0.1) is 0 Å². The third kappa shape index (κ3) is 4.35. The number of anilines is 2. The maximum atomic E-state index is 14.8. The Balaban J connectivity index is 1.41. The summed E-state index contributed by atoms with van der Waals surface area (Å²) in [4.78, 5) is 22.2. The van der Waals surface area contributed by atoms with Crippen LogP contribution in [0.5, 0.6) is 0 Å². The van der Waals surface area contributed by atoms with Gasteiger partial charge in [0.05, 0.1) is 34.0 Å². The second kappa shape index (κ2) is 8.55.